The lowest BCUT2D eigenvalue weighted by atomic mass is 9.99. The molecular formula is C34H32N2O5. The second kappa shape index (κ2) is 11.8. The second-order valence-corrected chi connectivity index (χ2v) is 10.6. The normalized spacial score (nSPS) is 20.5. The van der Waals surface area contributed by atoms with Crippen LogP contribution in [-0.4, -0.2) is 41.5 Å². The number of hydrogen-bond acceptors (Lipinski definition) is 6. The number of carbonyl (C=O) groups is 2. The summed E-state index contributed by atoms with van der Waals surface area (Å²) in [7, 11) is 2.09. The van der Waals surface area contributed by atoms with E-state index in [1.807, 2.05) is 54.6 Å². The SMILES string of the molecule is CN(Cc1ccccc1)CC1CC(c2ccc(CO)cc2)OC(c2ccc(N3C(=O)c4ccccc4C3=O)cc2)O1. The molecule has 2 aliphatic rings. The van der Waals surface area contributed by atoms with Crippen LogP contribution >= 0.6 is 0 Å². The van der Waals surface area contributed by atoms with Crippen LogP contribution in [0.25, 0.3) is 0 Å². The van der Waals surface area contributed by atoms with Crippen LogP contribution in [0.4, 0.5) is 5.69 Å². The van der Waals surface area contributed by atoms with E-state index in [2.05, 4.69) is 24.1 Å². The minimum Gasteiger partial charge on any atom is -0.392 e. The first-order valence-electron chi connectivity index (χ1n) is 13.8. The summed E-state index contributed by atoms with van der Waals surface area (Å²) in [4.78, 5) is 29.4. The van der Waals surface area contributed by atoms with Crippen LogP contribution in [0.15, 0.2) is 103 Å². The summed E-state index contributed by atoms with van der Waals surface area (Å²) in [6.07, 6.45) is -0.243. The number of fused-ring (bicyclic) bond motifs is 1. The Morgan fingerprint density at radius 2 is 1.37 bits per heavy atom. The molecule has 0 aliphatic carbocycles. The van der Waals surface area contributed by atoms with E-state index in [1.165, 1.54) is 10.5 Å². The molecule has 2 amide bonds. The van der Waals surface area contributed by atoms with Crippen molar-refractivity contribution in [2.75, 3.05) is 18.5 Å². The summed E-state index contributed by atoms with van der Waals surface area (Å²) in [5, 5.41) is 9.47. The van der Waals surface area contributed by atoms with Gasteiger partial charge in [0.05, 0.1) is 35.6 Å². The van der Waals surface area contributed by atoms with Gasteiger partial charge >= 0.3 is 0 Å². The molecule has 41 heavy (non-hydrogen) atoms. The molecule has 2 heterocycles. The molecule has 1 N–H and O–H groups in total. The van der Waals surface area contributed by atoms with Gasteiger partial charge in [-0.25, -0.2) is 4.90 Å². The Balaban J connectivity index is 1.22. The number of anilines is 1. The average molecular weight is 549 g/mol. The molecule has 3 atom stereocenters. The fraction of sp³-hybridized carbons (Fsp3) is 0.235. The van der Waals surface area contributed by atoms with Crippen molar-refractivity contribution in [3.8, 4) is 0 Å². The van der Waals surface area contributed by atoms with Crippen LogP contribution in [0.3, 0.4) is 0 Å². The molecule has 0 radical (unpaired) electrons. The maximum atomic E-state index is 13.0. The van der Waals surface area contributed by atoms with E-state index < -0.39 is 6.29 Å². The Morgan fingerprint density at radius 1 is 0.756 bits per heavy atom. The van der Waals surface area contributed by atoms with Crippen molar-refractivity contribution in [1.29, 1.82) is 0 Å². The van der Waals surface area contributed by atoms with Crippen LogP contribution in [0, 0.1) is 0 Å². The number of aliphatic hydroxyl groups is 1. The van der Waals surface area contributed by atoms with Gasteiger partial charge in [0.25, 0.3) is 11.8 Å². The standard InChI is InChI=1S/C34H32N2O5/c1-35(20-23-7-3-2-4-8-23)21-28-19-31(25-13-11-24(22-37)12-14-25)41-34(40-28)26-15-17-27(18-16-26)36-32(38)29-9-5-6-10-30(29)33(36)39/h2-18,28,31,34,37H,19-22H2,1H3. The highest BCUT2D eigenvalue weighted by Crippen LogP contribution is 2.39. The number of benzene rings is 4. The molecule has 7 nitrogen and oxygen atoms in total. The predicted molar refractivity (Wildman–Crippen MR) is 155 cm³/mol. The van der Waals surface area contributed by atoms with Crippen molar-refractivity contribution in [3.63, 3.8) is 0 Å². The number of amides is 2. The van der Waals surface area contributed by atoms with Crippen molar-refractivity contribution in [1.82, 2.24) is 4.90 Å². The zero-order valence-electron chi connectivity index (χ0n) is 22.9. The Labute approximate surface area is 239 Å². The zero-order valence-corrected chi connectivity index (χ0v) is 22.9. The van der Waals surface area contributed by atoms with Crippen LogP contribution in [-0.2, 0) is 22.6 Å². The van der Waals surface area contributed by atoms with Gasteiger partial charge in [-0.3, -0.25) is 14.5 Å². The van der Waals surface area contributed by atoms with Gasteiger partial charge in [-0.15, -0.1) is 0 Å². The molecule has 0 aromatic heterocycles. The van der Waals surface area contributed by atoms with Gasteiger partial charge in [0.2, 0.25) is 0 Å². The monoisotopic (exact) mass is 548 g/mol. The molecule has 4 aromatic carbocycles. The number of likely N-dealkylation sites (N-methyl/N-ethyl adjacent to an activating group) is 1. The summed E-state index contributed by atoms with van der Waals surface area (Å²) in [5.74, 6) is -0.646. The van der Waals surface area contributed by atoms with Gasteiger partial charge in [-0.05, 0) is 48.0 Å². The first kappa shape index (κ1) is 27.1. The number of imide groups is 1. The third kappa shape index (κ3) is 5.71. The van der Waals surface area contributed by atoms with Gasteiger partial charge in [-0.2, -0.15) is 0 Å². The highest BCUT2D eigenvalue weighted by atomic mass is 16.7. The van der Waals surface area contributed by atoms with Crippen LogP contribution in [0.5, 0.6) is 0 Å². The fourth-order valence-corrected chi connectivity index (χ4v) is 5.54. The second-order valence-electron chi connectivity index (χ2n) is 10.6. The summed E-state index contributed by atoms with van der Waals surface area (Å²) >= 11 is 0. The lowest BCUT2D eigenvalue weighted by Gasteiger charge is -2.38. The maximum Gasteiger partial charge on any atom is 0.266 e. The van der Waals surface area contributed by atoms with Gasteiger partial charge in [-0.1, -0.05) is 78.9 Å². The highest BCUT2D eigenvalue weighted by Gasteiger charge is 2.37. The van der Waals surface area contributed by atoms with Crippen molar-refractivity contribution in [2.24, 2.45) is 0 Å². The molecule has 1 fully saturated rings. The summed E-state index contributed by atoms with van der Waals surface area (Å²) in [6, 6.07) is 32.3. The summed E-state index contributed by atoms with van der Waals surface area (Å²) in [5.41, 5.74) is 5.24. The Hall–Kier alpha value is -4.14. The van der Waals surface area contributed by atoms with E-state index in [0.29, 0.717) is 29.8 Å². The quantitative estimate of drug-likeness (QED) is 0.287. The van der Waals surface area contributed by atoms with Gasteiger partial charge in [0.1, 0.15) is 0 Å². The van der Waals surface area contributed by atoms with Crippen molar-refractivity contribution < 1.29 is 24.2 Å². The summed E-state index contributed by atoms with van der Waals surface area (Å²) in [6.45, 7) is 1.51. The lowest BCUT2D eigenvalue weighted by molar-refractivity contribution is -0.252. The largest absolute Gasteiger partial charge is 0.392 e. The van der Waals surface area contributed by atoms with E-state index in [4.69, 9.17) is 9.47 Å². The van der Waals surface area contributed by atoms with E-state index in [-0.39, 0.29) is 30.6 Å². The Kier molecular flexibility index (Phi) is 7.76. The van der Waals surface area contributed by atoms with E-state index in [9.17, 15) is 14.7 Å². The molecule has 208 valence electrons. The third-order valence-corrected chi connectivity index (χ3v) is 7.64. The van der Waals surface area contributed by atoms with Gasteiger partial charge in [0.15, 0.2) is 6.29 Å². The third-order valence-electron chi connectivity index (χ3n) is 7.64. The predicted octanol–water partition coefficient (Wildman–Crippen LogP) is 5.66. The number of aliphatic hydroxyl groups excluding tert-OH is 1. The highest BCUT2D eigenvalue weighted by molar-refractivity contribution is 6.34. The molecule has 7 heteroatoms. The molecule has 0 spiro atoms. The van der Waals surface area contributed by atoms with Crippen LogP contribution < -0.4 is 4.90 Å². The minimum absolute atomic E-state index is 0.0100. The number of hydrogen-bond donors (Lipinski definition) is 1. The van der Waals surface area contributed by atoms with E-state index in [0.717, 1.165) is 23.2 Å². The molecule has 6 rings (SSSR count). The average Bonchev–Trinajstić information content (AvgIpc) is 3.27. The first-order valence-corrected chi connectivity index (χ1v) is 13.8. The van der Waals surface area contributed by atoms with E-state index >= 15 is 0 Å². The topological polar surface area (TPSA) is 79.3 Å². The smallest absolute Gasteiger partial charge is 0.266 e. The maximum absolute atomic E-state index is 13.0. The molecule has 2 aliphatic heterocycles. The molecule has 0 bridgehead atoms. The van der Waals surface area contributed by atoms with Gasteiger partial charge in [0, 0.05) is 25.1 Å². The Bertz CT molecular complexity index is 1490. The number of nitrogens with zero attached hydrogens (tertiary/aromatic N) is 2. The fourth-order valence-electron chi connectivity index (χ4n) is 5.54. The summed E-state index contributed by atoms with van der Waals surface area (Å²) < 4.78 is 13.0. The minimum atomic E-state index is -0.627. The first-order chi connectivity index (χ1) is 20.0. The molecule has 4 aromatic rings. The van der Waals surface area contributed by atoms with Gasteiger partial charge < -0.3 is 14.6 Å². The number of ether oxygens (including phenoxy) is 2. The lowest BCUT2D eigenvalue weighted by Crippen LogP contribution is -2.37. The van der Waals surface area contributed by atoms with Crippen LogP contribution in [0.2, 0.25) is 0 Å². The van der Waals surface area contributed by atoms with Crippen molar-refractivity contribution in [3.05, 3.63) is 137 Å². The molecule has 0 saturated carbocycles. The molecular weight excluding hydrogens is 516 g/mol. The zero-order chi connectivity index (χ0) is 28.3. The molecule has 3 unspecified atom stereocenters. The van der Waals surface area contributed by atoms with E-state index in [1.54, 1.807) is 36.4 Å². The van der Waals surface area contributed by atoms with Crippen molar-refractivity contribution >= 4 is 17.5 Å². The number of carbonyl (C=O) groups excluding carboxylic acids is 2. The molecule has 1 saturated heterocycles. The number of rotatable bonds is 8. The van der Waals surface area contributed by atoms with Crippen molar-refractivity contribution in [2.45, 2.75) is 38.1 Å². The Morgan fingerprint density at radius 3 is 2.00 bits per heavy atom. The van der Waals surface area contributed by atoms with Crippen LogP contribution in [0.1, 0.15) is 61.8 Å².